The lowest BCUT2D eigenvalue weighted by Gasteiger charge is -1.79. The molecule has 0 aliphatic carbocycles. The zero-order valence-corrected chi connectivity index (χ0v) is 7.08. The minimum atomic E-state index is 0.383. The molecule has 0 aliphatic rings. The molecule has 0 saturated carbocycles. The van der Waals surface area contributed by atoms with Gasteiger partial charge in [0.25, 0.3) is 0 Å². The van der Waals surface area contributed by atoms with Crippen LogP contribution in [0.3, 0.4) is 0 Å². The Labute approximate surface area is 73.7 Å². The highest BCUT2D eigenvalue weighted by atomic mass is 32.1. The van der Waals surface area contributed by atoms with Crippen LogP contribution in [-0.4, -0.2) is 17.6 Å². The highest BCUT2D eigenvalue weighted by Crippen LogP contribution is 2.08. The Balaban J connectivity index is 2.63. The van der Waals surface area contributed by atoms with E-state index in [9.17, 15) is 9.59 Å². The van der Waals surface area contributed by atoms with Gasteiger partial charge < -0.3 is 4.79 Å². The second kappa shape index (κ2) is 4.56. The summed E-state index contributed by atoms with van der Waals surface area (Å²) in [7, 11) is 0. The molecular weight excluding hydrogens is 174 g/mol. The SMILES string of the molecule is O=CCC=Cc1csc(C=O)n1. The van der Waals surface area contributed by atoms with Crippen LogP contribution >= 0.6 is 11.3 Å². The van der Waals surface area contributed by atoms with Crippen molar-refractivity contribution in [2.24, 2.45) is 0 Å². The Morgan fingerprint density at radius 3 is 2.92 bits per heavy atom. The minimum absolute atomic E-state index is 0.383. The van der Waals surface area contributed by atoms with E-state index in [-0.39, 0.29) is 0 Å². The Morgan fingerprint density at radius 2 is 2.33 bits per heavy atom. The molecule has 0 atom stereocenters. The van der Waals surface area contributed by atoms with Gasteiger partial charge in [-0.05, 0) is 6.08 Å². The van der Waals surface area contributed by atoms with Crippen molar-refractivity contribution in [1.29, 1.82) is 0 Å². The Kier molecular flexibility index (Phi) is 3.35. The minimum Gasteiger partial charge on any atom is -0.303 e. The molecule has 0 aromatic carbocycles. The van der Waals surface area contributed by atoms with Crippen LogP contribution in [0.25, 0.3) is 6.08 Å². The van der Waals surface area contributed by atoms with Crippen LogP contribution in [0.4, 0.5) is 0 Å². The molecule has 0 N–H and O–H groups in total. The van der Waals surface area contributed by atoms with E-state index in [1.807, 2.05) is 0 Å². The quantitative estimate of drug-likeness (QED) is 0.662. The van der Waals surface area contributed by atoms with E-state index < -0.39 is 0 Å². The molecule has 0 saturated heterocycles. The average molecular weight is 181 g/mol. The van der Waals surface area contributed by atoms with Crippen molar-refractivity contribution in [3.8, 4) is 0 Å². The fourth-order valence-electron chi connectivity index (χ4n) is 0.676. The number of hydrogen-bond donors (Lipinski definition) is 0. The lowest BCUT2D eigenvalue weighted by atomic mass is 10.3. The summed E-state index contributed by atoms with van der Waals surface area (Å²) in [6.07, 6.45) is 5.33. The summed E-state index contributed by atoms with van der Waals surface area (Å²) < 4.78 is 0. The first-order valence-corrected chi connectivity index (χ1v) is 4.25. The lowest BCUT2D eigenvalue weighted by molar-refractivity contribution is -0.107. The summed E-state index contributed by atoms with van der Waals surface area (Å²) in [5.74, 6) is 0. The van der Waals surface area contributed by atoms with Crippen LogP contribution in [0.2, 0.25) is 0 Å². The van der Waals surface area contributed by atoms with E-state index in [1.54, 1.807) is 17.5 Å². The molecule has 0 unspecified atom stereocenters. The van der Waals surface area contributed by atoms with Crippen LogP contribution in [0, 0.1) is 0 Å². The van der Waals surface area contributed by atoms with E-state index in [0.717, 1.165) is 12.0 Å². The molecule has 3 nitrogen and oxygen atoms in total. The first kappa shape index (κ1) is 8.80. The van der Waals surface area contributed by atoms with Gasteiger partial charge in [0, 0.05) is 11.8 Å². The zero-order valence-electron chi connectivity index (χ0n) is 6.27. The van der Waals surface area contributed by atoms with E-state index in [1.165, 1.54) is 11.3 Å². The second-order valence-electron chi connectivity index (χ2n) is 2.03. The molecule has 1 heterocycles. The number of carbonyl (C=O) groups excluding carboxylic acids is 2. The van der Waals surface area contributed by atoms with Crippen LogP contribution in [0.5, 0.6) is 0 Å². The number of nitrogens with zero attached hydrogens (tertiary/aromatic N) is 1. The molecular formula is C8H7NO2S. The van der Waals surface area contributed by atoms with Gasteiger partial charge >= 0.3 is 0 Å². The molecule has 4 heteroatoms. The number of aromatic nitrogens is 1. The Morgan fingerprint density at radius 1 is 1.50 bits per heavy atom. The normalized spacial score (nSPS) is 10.3. The van der Waals surface area contributed by atoms with Gasteiger partial charge in [-0.25, -0.2) is 4.98 Å². The van der Waals surface area contributed by atoms with Crippen molar-refractivity contribution in [2.45, 2.75) is 6.42 Å². The largest absolute Gasteiger partial charge is 0.303 e. The first-order valence-electron chi connectivity index (χ1n) is 3.37. The standard InChI is InChI=1S/C8H7NO2S/c10-4-2-1-3-7-6-12-8(5-11)9-7/h1,3-6H,2H2. The van der Waals surface area contributed by atoms with Crippen molar-refractivity contribution in [2.75, 3.05) is 0 Å². The number of aldehydes is 2. The number of allylic oxidation sites excluding steroid dienone is 1. The van der Waals surface area contributed by atoms with Crippen LogP contribution in [-0.2, 0) is 4.79 Å². The van der Waals surface area contributed by atoms with Gasteiger partial charge in [0.2, 0.25) is 0 Å². The molecule has 1 aromatic heterocycles. The molecule has 0 amide bonds. The third kappa shape index (κ3) is 2.39. The summed E-state index contributed by atoms with van der Waals surface area (Å²) in [5.41, 5.74) is 0.726. The molecule has 0 spiro atoms. The van der Waals surface area contributed by atoms with E-state index in [2.05, 4.69) is 4.98 Å². The van der Waals surface area contributed by atoms with Crippen LogP contribution in [0.15, 0.2) is 11.5 Å². The molecule has 0 radical (unpaired) electrons. The summed E-state index contributed by atoms with van der Waals surface area (Å²) >= 11 is 1.29. The number of thiazole rings is 1. The van der Waals surface area contributed by atoms with Crippen molar-refractivity contribution < 1.29 is 9.59 Å². The van der Waals surface area contributed by atoms with Gasteiger partial charge in [-0.2, -0.15) is 0 Å². The first-order chi connectivity index (χ1) is 5.86. The highest BCUT2D eigenvalue weighted by molar-refractivity contribution is 7.11. The topological polar surface area (TPSA) is 47.0 Å². The summed E-state index contributed by atoms with van der Waals surface area (Å²) in [6.45, 7) is 0. The Hall–Kier alpha value is -1.29. The van der Waals surface area contributed by atoms with Gasteiger partial charge in [0.15, 0.2) is 11.3 Å². The van der Waals surface area contributed by atoms with E-state index in [0.29, 0.717) is 17.7 Å². The average Bonchev–Trinajstić information content (AvgIpc) is 2.53. The van der Waals surface area contributed by atoms with E-state index >= 15 is 0 Å². The summed E-state index contributed by atoms with van der Waals surface area (Å²) in [6, 6.07) is 0. The maximum Gasteiger partial charge on any atom is 0.178 e. The molecule has 0 bridgehead atoms. The Bertz CT molecular complexity index is 304. The van der Waals surface area contributed by atoms with Crippen molar-refractivity contribution in [1.82, 2.24) is 4.98 Å². The third-order valence-corrected chi connectivity index (χ3v) is 1.95. The third-order valence-electron chi connectivity index (χ3n) is 1.16. The molecule has 62 valence electrons. The molecule has 0 aliphatic heterocycles. The van der Waals surface area contributed by atoms with Gasteiger partial charge in [-0.3, -0.25) is 4.79 Å². The molecule has 1 aromatic rings. The fraction of sp³-hybridized carbons (Fsp3) is 0.125. The maximum absolute atomic E-state index is 10.2. The maximum atomic E-state index is 10.2. The fourth-order valence-corrected chi connectivity index (χ4v) is 1.26. The summed E-state index contributed by atoms with van der Waals surface area (Å²) in [4.78, 5) is 24.1. The van der Waals surface area contributed by atoms with Gasteiger partial charge in [0.05, 0.1) is 5.69 Å². The monoisotopic (exact) mass is 181 g/mol. The van der Waals surface area contributed by atoms with E-state index in [4.69, 9.17) is 0 Å². The van der Waals surface area contributed by atoms with Crippen LogP contribution < -0.4 is 0 Å². The van der Waals surface area contributed by atoms with Gasteiger partial charge in [0.1, 0.15) is 6.29 Å². The number of rotatable bonds is 4. The van der Waals surface area contributed by atoms with Crippen molar-refractivity contribution in [3.05, 3.63) is 22.2 Å². The molecule has 12 heavy (non-hydrogen) atoms. The highest BCUT2D eigenvalue weighted by Gasteiger charge is 1.95. The van der Waals surface area contributed by atoms with Gasteiger partial charge in [-0.15, -0.1) is 11.3 Å². The smallest absolute Gasteiger partial charge is 0.178 e. The number of hydrogen-bond acceptors (Lipinski definition) is 4. The zero-order chi connectivity index (χ0) is 8.81. The predicted molar refractivity (Wildman–Crippen MR) is 47.2 cm³/mol. The van der Waals surface area contributed by atoms with Crippen molar-refractivity contribution >= 4 is 30.0 Å². The molecule has 1 rings (SSSR count). The van der Waals surface area contributed by atoms with Crippen molar-refractivity contribution in [3.63, 3.8) is 0 Å². The molecule has 0 fully saturated rings. The predicted octanol–water partition coefficient (Wildman–Crippen LogP) is 1.56. The van der Waals surface area contributed by atoms with Gasteiger partial charge in [-0.1, -0.05) is 6.08 Å². The second-order valence-corrected chi connectivity index (χ2v) is 2.92. The van der Waals surface area contributed by atoms with Crippen LogP contribution in [0.1, 0.15) is 21.9 Å². The number of carbonyl (C=O) groups is 2. The lowest BCUT2D eigenvalue weighted by Crippen LogP contribution is -1.76. The summed E-state index contributed by atoms with van der Waals surface area (Å²) in [5, 5.41) is 2.23.